The maximum atomic E-state index is 12.2. The Balaban J connectivity index is 1.92. The predicted molar refractivity (Wildman–Crippen MR) is 107 cm³/mol. The molecule has 0 unspecified atom stereocenters. The van der Waals surface area contributed by atoms with Crippen LogP contribution in [-0.2, 0) is 16.1 Å². The van der Waals surface area contributed by atoms with Crippen LogP contribution in [0, 0.1) is 0 Å². The third-order valence-electron chi connectivity index (χ3n) is 3.89. The second-order valence-electron chi connectivity index (χ2n) is 6.06. The predicted octanol–water partition coefficient (Wildman–Crippen LogP) is 4.00. The molecular weight excluding hydrogens is 382 g/mol. The summed E-state index contributed by atoms with van der Waals surface area (Å²) in [5, 5.41) is 3.34. The molecule has 0 aromatic heterocycles. The monoisotopic (exact) mass is 405 g/mol. The summed E-state index contributed by atoms with van der Waals surface area (Å²) in [6, 6.07) is 12.0. The molecule has 0 radical (unpaired) electrons. The zero-order valence-electron chi connectivity index (χ0n) is 16.0. The van der Waals surface area contributed by atoms with Gasteiger partial charge in [0, 0.05) is 11.6 Å². The Hall–Kier alpha value is -2.73. The minimum Gasteiger partial charge on any atom is -0.493 e. The van der Waals surface area contributed by atoms with Gasteiger partial charge in [0.15, 0.2) is 18.1 Å². The first kappa shape index (κ1) is 21.6. The molecule has 0 spiro atoms. The van der Waals surface area contributed by atoms with E-state index in [1.54, 1.807) is 24.3 Å². The first-order valence-electron chi connectivity index (χ1n) is 9.02. The lowest BCUT2D eigenvalue weighted by Gasteiger charge is -2.12. The second kappa shape index (κ2) is 11.2. The molecule has 0 heterocycles. The Bertz CT molecular complexity index is 792. The number of esters is 1. The van der Waals surface area contributed by atoms with Crippen LogP contribution in [0.15, 0.2) is 42.5 Å². The normalized spacial score (nSPS) is 10.2. The minimum atomic E-state index is -0.604. The lowest BCUT2D eigenvalue weighted by molar-refractivity contribution is -0.124. The number of benzene rings is 2. The first-order valence-corrected chi connectivity index (χ1v) is 9.40. The van der Waals surface area contributed by atoms with E-state index in [9.17, 15) is 9.59 Å². The van der Waals surface area contributed by atoms with Crippen molar-refractivity contribution in [3.8, 4) is 11.5 Å². The van der Waals surface area contributed by atoms with Gasteiger partial charge in [-0.3, -0.25) is 4.79 Å². The van der Waals surface area contributed by atoms with E-state index in [1.165, 1.54) is 13.2 Å². The van der Waals surface area contributed by atoms with Gasteiger partial charge in [0.25, 0.3) is 5.91 Å². The molecule has 0 atom stereocenters. The molecule has 0 aliphatic rings. The Morgan fingerprint density at radius 1 is 1.07 bits per heavy atom. The van der Waals surface area contributed by atoms with Gasteiger partial charge in [-0.05, 0) is 42.3 Å². The van der Waals surface area contributed by atoms with Gasteiger partial charge in [-0.15, -0.1) is 0 Å². The van der Waals surface area contributed by atoms with E-state index < -0.39 is 5.97 Å². The Morgan fingerprint density at radius 3 is 2.50 bits per heavy atom. The first-order chi connectivity index (χ1) is 13.5. The van der Waals surface area contributed by atoms with Gasteiger partial charge in [-0.1, -0.05) is 37.1 Å². The summed E-state index contributed by atoms with van der Waals surface area (Å²) in [4.78, 5) is 23.8. The molecule has 28 heavy (non-hydrogen) atoms. The summed E-state index contributed by atoms with van der Waals surface area (Å²) in [6.07, 6.45) is 1.86. The van der Waals surface area contributed by atoms with Gasteiger partial charge < -0.3 is 19.5 Å². The fourth-order valence-corrected chi connectivity index (χ4v) is 2.45. The third-order valence-corrected chi connectivity index (χ3v) is 4.15. The van der Waals surface area contributed by atoms with Crippen LogP contribution in [0.4, 0.5) is 0 Å². The van der Waals surface area contributed by atoms with Gasteiger partial charge in [0.1, 0.15) is 6.61 Å². The maximum absolute atomic E-state index is 12.2. The Morgan fingerprint density at radius 2 is 1.82 bits per heavy atom. The number of ether oxygens (including phenoxy) is 3. The van der Waals surface area contributed by atoms with E-state index in [4.69, 9.17) is 25.8 Å². The highest BCUT2D eigenvalue weighted by atomic mass is 35.5. The van der Waals surface area contributed by atoms with Crippen molar-refractivity contribution in [2.45, 2.75) is 26.4 Å². The highest BCUT2D eigenvalue weighted by Gasteiger charge is 2.14. The minimum absolute atomic E-state index is 0.275. The van der Waals surface area contributed by atoms with Crippen LogP contribution in [0.3, 0.4) is 0 Å². The second-order valence-corrected chi connectivity index (χ2v) is 6.50. The maximum Gasteiger partial charge on any atom is 0.338 e. The van der Waals surface area contributed by atoms with E-state index in [2.05, 4.69) is 5.32 Å². The molecule has 2 aromatic rings. The average Bonchev–Trinajstić information content (AvgIpc) is 2.71. The number of rotatable bonds is 10. The van der Waals surface area contributed by atoms with Crippen LogP contribution in [0.25, 0.3) is 0 Å². The molecule has 150 valence electrons. The van der Waals surface area contributed by atoms with Crippen molar-refractivity contribution in [3.63, 3.8) is 0 Å². The number of hydrogen-bond acceptors (Lipinski definition) is 5. The summed E-state index contributed by atoms with van der Waals surface area (Å²) in [5.74, 6) is -0.0352. The quantitative estimate of drug-likeness (QED) is 0.477. The zero-order chi connectivity index (χ0) is 20.4. The van der Waals surface area contributed by atoms with E-state index >= 15 is 0 Å². The number of halogens is 1. The van der Waals surface area contributed by atoms with Crippen LogP contribution in [-0.4, -0.2) is 32.1 Å². The molecule has 2 rings (SSSR count). The van der Waals surface area contributed by atoms with Crippen LogP contribution < -0.4 is 14.8 Å². The van der Waals surface area contributed by atoms with Gasteiger partial charge >= 0.3 is 5.97 Å². The van der Waals surface area contributed by atoms with Crippen molar-refractivity contribution >= 4 is 23.5 Å². The number of carbonyl (C=O) groups excluding carboxylic acids is 2. The molecular formula is C21H24ClNO5. The summed E-state index contributed by atoms with van der Waals surface area (Å²) < 4.78 is 16.1. The highest BCUT2D eigenvalue weighted by molar-refractivity contribution is 6.30. The van der Waals surface area contributed by atoms with E-state index in [0.717, 1.165) is 18.4 Å². The summed E-state index contributed by atoms with van der Waals surface area (Å²) >= 11 is 5.87. The lowest BCUT2D eigenvalue weighted by Crippen LogP contribution is -2.29. The van der Waals surface area contributed by atoms with Gasteiger partial charge in [0.2, 0.25) is 0 Å². The molecule has 0 saturated heterocycles. The van der Waals surface area contributed by atoms with Gasteiger partial charge in [-0.2, -0.15) is 0 Å². The number of carbonyl (C=O) groups is 2. The van der Waals surface area contributed by atoms with E-state index in [0.29, 0.717) is 29.7 Å². The molecule has 0 aliphatic carbocycles. The number of methoxy groups -OCH3 is 1. The molecule has 6 nitrogen and oxygen atoms in total. The number of hydrogen-bond donors (Lipinski definition) is 1. The van der Waals surface area contributed by atoms with E-state index in [-0.39, 0.29) is 18.1 Å². The average molecular weight is 406 g/mol. The molecule has 0 fully saturated rings. The van der Waals surface area contributed by atoms with Crippen LogP contribution in [0.1, 0.15) is 35.7 Å². The van der Waals surface area contributed by atoms with Crippen molar-refractivity contribution < 1.29 is 23.8 Å². The fourth-order valence-electron chi connectivity index (χ4n) is 2.33. The molecule has 0 bridgehead atoms. The highest BCUT2D eigenvalue weighted by Crippen LogP contribution is 2.29. The SMILES string of the molecule is CCCCNC(=O)COC(=O)c1ccc(OCc2ccc(Cl)cc2)c(OC)c1. The molecule has 7 heteroatoms. The largest absolute Gasteiger partial charge is 0.493 e. The molecule has 0 aliphatic heterocycles. The van der Waals surface area contributed by atoms with Crippen LogP contribution in [0.2, 0.25) is 5.02 Å². The Kier molecular flexibility index (Phi) is 8.62. The van der Waals surface area contributed by atoms with Crippen molar-refractivity contribution in [1.82, 2.24) is 5.32 Å². The third kappa shape index (κ3) is 6.78. The van der Waals surface area contributed by atoms with Crippen LogP contribution >= 0.6 is 11.6 Å². The molecule has 1 N–H and O–H groups in total. The van der Waals surface area contributed by atoms with Crippen molar-refractivity contribution in [2.24, 2.45) is 0 Å². The molecule has 0 saturated carbocycles. The standard InChI is InChI=1S/C21H24ClNO5/c1-3-4-11-23-20(24)14-28-21(25)16-7-10-18(19(12-16)26-2)27-13-15-5-8-17(22)9-6-15/h5-10,12H,3-4,11,13-14H2,1-2H3,(H,23,24). The van der Waals surface area contributed by atoms with Crippen LogP contribution in [0.5, 0.6) is 11.5 Å². The summed E-state index contributed by atoms with van der Waals surface area (Å²) in [5.41, 5.74) is 1.22. The number of unbranched alkanes of at least 4 members (excludes halogenated alkanes) is 1. The smallest absolute Gasteiger partial charge is 0.338 e. The number of amides is 1. The lowest BCUT2D eigenvalue weighted by atomic mass is 10.2. The van der Waals surface area contributed by atoms with Gasteiger partial charge in [0.05, 0.1) is 12.7 Å². The van der Waals surface area contributed by atoms with Crippen molar-refractivity contribution in [3.05, 3.63) is 58.6 Å². The van der Waals surface area contributed by atoms with E-state index in [1.807, 2.05) is 19.1 Å². The number of nitrogens with one attached hydrogen (secondary N) is 1. The van der Waals surface area contributed by atoms with Crippen molar-refractivity contribution in [1.29, 1.82) is 0 Å². The molecule has 1 amide bonds. The zero-order valence-corrected chi connectivity index (χ0v) is 16.8. The van der Waals surface area contributed by atoms with Crippen molar-refractivity contribution in [2.75, 3.05) is 20.3 Å². The fraction of sp³-hybridized carbons (Fsp3) is 0.333. The topological polar surface area (TPSA) is 73.9 Å². The van der Waals surface area contributed by atoms with Gasteiger partial charge in [-0.25, -0.2) is 4.79 Å². The molecule has 2 aromatic carbocycles. The summed E-state index contributed by atoms with van der Waals surface area (Å²) in [6.45, 7) is 2.61. The Labute approximate surface area is 169 Å². The summed E-state index contributed by atoms with van der Waals surface area (Å²) in [7, 11) is 1.49.